The number of hydrogen-bond acceptors (Lipinski definition) is 5. The van der Waals surface area contributed by atoms with Gasteiger partial charge in [0, 0.05) is 11.0 Å². The Hall–Kier alpha value is -4.06. The van der Waals surface area contributed by atoms with E-state index >= 15 is 0 Å². The molecule has 4 heterocycles. The van der Waals surface area contributed by atoms with Crippen molar-refractivity contribution in [3.05, 3.63) is 84.6 Å². The second kappa shape index (κ2) is 7.23. The molecule has 0 atom stereocenters. The average Bonchev–Trinajstić information content (AvgIpc) is 3.10. The van der Waals surface area contributed by atoms with E-state index in [1.165, 1.54) is 0 Å². The molecule has 0 radical (unpaired) electrons. The van der Waals surface area contributed by atoms with Crippen LogP contribution in [-0.2, 0) is 4.74 Å². The Bertz CT molecular complexity index is 1520. The molecular formula is C30H25BN2O3. The van der Waals surface area contributed by atoms with Gasteiger partial charge >= 0.3 is 0 Å². The SMILES string of the molecule is CC1(C)N=C(c2cccc(-c3cc4c5c(c3)Oc3ccccc3B5c3ccccc3O4)n2)OC1(C)C. The summed E-state index contributed by atoms with van der Waals surface area (Å²) < 4.78 is 19.1. The molecule has 0 spiro atoms. The van der Waals surface area contributed by atoms with Gasteiger partial charge in [-0.2, -0.15) is 0 Å². The number of pyridine rings is 1. The predicted molar refractivity (Wildman–Crippen MR) is 143 cm³/mol. The van der Waals surface area contributed by atoms with Gasteiger partial charge in [0.15, 0.2) is 0 Å². The van der Waals surface area contributed by atoms with Gasteiger partial charge < -0.3 is 14.2 Å². The van der Waals surface area contributed by atoms with Crippen molar-refractivity contribution in [2.45, 2.75) is 38.8 Å². The number of aliphatic imine (C=N–C) groups is 1. The third-order valence-corrected chi connectivity index (χ3v) is 7.76. The van der Waals surface area contributed by atoms with E-state index in [1.807, 2.05) is 42.5 Å². The van der Waals surface area contributed by atoms with E-state index in [-0.39, 0.29) is 12.3 Å². The Morgan fingerprint density at radius 1 is 0.667 bits per heavy atom. The van der Waals surface area contributed by atoms with Crippen molar-refractivity contribution >= 4 is 29.0 Å². The summed E-state index contributed by atoms with van der Waals surface area (Å²) in [7, 11) is 0. The van der Waals surface area contributed by atoms with Crippen LogP contribution in [0.15, 0.2) is 83.9 Å². The highest BCUT2D eigenvalue weighted by Crippen LogP contribution is 2.39. The second-order valence-corrected chi connectivity index (χ2v) is 10.6. The van der Waals surface area contributed by atoms with Gasteiger partial charge in [0.25, 0.3) is 6.71 Å². The molecule has 7 rings (SSSR count). The largest absolute Gasteiger partial charge is 0.468 e. The molecule has 0 fully saturated rings. The molecule has 0 saturated heterocycles. The third kappa shape index (κ3) is 3.03. The highest BCUT2D eigenvalue weighted by molar-refractivity contribution is 6.98. The van der Waals surface area contributed by atoms with Crippen LogP contribution in [0.5, 0.6) is 23.0 Å². The number of benzene rings is 3. The Balaban J connectivity index is 1.36. The van der Waals surface area contributed by atoms with Crippen molar-refractivity contribution in [3.63, 3.8) is 0 Å². The van der Waals surface area contributed by atoms with Crippen LogP contribution in [0.1, 0.15) is 33.4 Å². The summed E-state index contributed by atoms with van der Waals surface area (Å²) in [5, 5.41) is 0. The maximum atomic E-state index is 6.43. The fourth-order valence-corrected chi connectivity index (χ4v) is 5.14. The van der Waals surface area contributed by atoms with Crippen LogP contribution >= 0.6 is 0 Å². The van der Waals surface area contributed by atoms with Crippen LogP contribution in [0, 0.1) is 0 Å². The molecule has 0 unspecified atom stereocenters. The molecular weight excluding hydrogens is 447 g/mol. The van der Waals surface area contributed by atoms with Crippen molar-refractivity contribution in [1.82, 2.24) is 4.98 Å². The van der Waals surface area contributed by atoms with E-state index in [2.05, 4.69) is 64.1 Å². The molecule has 36 heavy (non-hydrogen) atoms. The van der Waals surface area contributed by atoms with Gasteiger partial charge in [0.05, 0.1) is 11.2 Å². The summed E-state index contributed by atoms with van der Waals surface area (Å²) >= 11 is 0. The van der Waals surface area contributed by atoms with E-state index in [4.69, 9.17) is 24.2 Å². The summed E-state index contributed by atoms with van der Waals surface area (Å²) in [5.74, 6) is 3.90. The van der Waals surface area contributed by atoms with Gasteiger partial charge in [-0.25, -0.2) is 9.98 Å². The number of hydrogen-bond donors (Lipinski definition) is 0. The summed E-state index contributed by atoms with van der Waals surface area (Å²) in [4.78, 5) is 9.77. The van der Waals surface area contributed by atoms with Crippen molar-refractivity contribution in [1.29, 1.82) is 0 Å². The fraction of sp³-hybridized carbons (Fsp3) is 0.200. The van der Waals surface area contributed by atoms with Crippen molar-refractivity contribution in [2.75, 3.05) is 0 Å². The quantitative estimate of drug-likeness (QED) is 0.340. The molecule has 176 valence electrons. The van der Waals surface area contributed by atoms with Gasteiger partial charge in [-0.15, -0.1) is 0 Å². The number of fused-ring (bicyclic) bond motifs is 4. The first-order valence-electron chi connectivity index (χ1n) is 12.3. The van der Waals surface area contributed by atoms with E-state index < -0.39 is 5.60 Å². The van der Waals surface area contributed by atoms with E-state index in [1.54, 1.807) is 0 Å². The lowest BCUT2D eigenvalue weighted by atomic mass is 9.35. The van der Waals surface area contributed by atoms with Gasteiger partial charge in [0.1, 0.15) is 34.3 Å². The number of rotatable bonds is 2. The summed E-state index contributed by atoms with van der Waals surface area (Å²) in [6.45, 7) is 8.34. The summed E-state index contributed by atoms with van der Waals surface area (Å²) in [6.07, 6.45) is 0. The van der Waals surface area contributed by atoms with Crippen LogP contribution in [0.25, 0.3) is 11.3 Å². The monoisotopic (exact) mass is 472 g/mol. The van der Waals surface area contributed by atoms with Gasteiger partial charge in [-0.1, -0.05) is 42.5 Å². The molecule has 0 aliphatic carbocycles. The zero-order chi connectivity index (χ0) is 24.7. The predicted octanol–water partition coefficient (Wildman–Crippen LogP) is 4.81. The molecule has 0 N–H and O–H groups in total. The zero-order valence-corrected chi connectivity index (χ0v) is 20.7. The van der Waals surface area contributed by atoms with Crippen molar-refractivity contribution in [3.8, 4) is 34.3 Å². The smallest absolute Gasteiger partial charge is 0.260 e. The van der Waals surface area contributed by atoms with Crippen molar-refractivity contribution < 1.29 is 14.2 Å². The standard InChI is InChI=1S/C30H25BN2O3/c1-29(2)30(3,4)36-28(33-29)22-13-9-12-21(32-22)18-16-25-27-26(17-18)35-24-15-8-6-11-20(24)31(27)19-10-5-7-14-23(19)34-25/h5-17H,1-4H3. The van der Waals surface area contributed by atoms with Crippen molar-refractivity contribution in [2.24, 2.45) is 4.99 Å². The summed E-state index contributed by atoms with van der Waals surface area (Å²) in [6, 6.07) is 26.5. The highest BCUT2D eigenvalue weighted by Gasteiger charge is 2.46. The number of para-hydroxylation sites is 2. The van der Waals surface area contributed by atoms with Crippen LogP contribution in [0.2, 0.25) is 0 Å². The van der Waals surface area contributed by atoms with Crippen LogP contribution in [-0.4, -0.2) is 28.7 Å². The minimum Gasteiger partial charge on any atom is -0.468 e. The Labute approximate surface area is 210 Å². The van der Waals surface area contributed by atoms with E-state index in [9.17, 15) is 0 Å². The first kappa shape index (κ1) is 21.2. The Kier molecular flexibility index (Phi) is 4.27. The Morgan fingerprint density at radius 3 is 1.83 bits per heavy atom. The lowest BCUT2D eigenvalue weighted by molar-refractivity contribution is 0.0617. The molecule has 1 aromatic heterocycles. The van der Waals surface area contributed by atoms with Gasteiger partial charge in [0.2, 0.25) is 5.90 Å². The normalized spacial score (nSPS) is 17.6. The van der Waals surface area contributed by atoms with Crippen LogP contribution < -0.4 is 25.9 Å². The minimum absolute atomic E-state index is 0.0592. The van der Waals surface area contributed by atoms with Gasteiger partial charge in [-0.3, -0.25) is 0 Å². The highest BCUT2D eigenvalue weighted by atomic mass is 16.5. The van der Waals surface area contributed by atoms with E-state index in [0.717, 1.165) is 50.6 Å². The average molecular weight is 472 g/mol. The first-order chi connectivity index (χ1) is 17.3. The number of ether oxygens (including phenoxy) is 3. The molecule has 0 amide bonds. The lowest BCUT2D eigenvalue weighted by Crippen LogP contribution is -2.57. The maximum absolute atomic E-state index is 6.43. The number of nitrogens with zero attached hydrogens (tertiary/aromatic N) is 2. The maximum Gasteiger partial charge on any atom is 0.260 e. The molecule has 4 aromatic rings. The molecule has 5 nitrogen and oxygen atoms in total. The molecule has 0 saturated carbocycles. The first-order valence-corrected chi connectivity index (χ1v) is 12.3. The third-order valence-electron chi connectivity index (χ3n) is 7.76. The van der Waals surface area contributed by atoms with Crippen LogP contribution in [0.4, 0.5) is 0 Å². The summed E-state index contributed by atoms with van der Waals surface area (Å²) in [5.41, 5.74) is 5.04. The number of aromatic nitrogens is 1. The minimum atomic E-state index is -0.409. The van der Waals surface area contributed by atoms with Crippen LogP contribution in [0.3, 0.4) is 0 Å². The zero-order valence-electron chi connectivity index (χ0n) is 20.7. The molecule has 3 aliphatic rings. The topological polar surface area (TPSA) is 52.9 Å². The molecule has 3 aliphatic heterocycles. The van der Waals surface area contributed by atoms with Gasteiger partial charge in [-0.05, 0) is 75.0 Å². The Morgan fingerprint density at radius 2 is 1.25 bits per heavy atom. The van der Waals surface area contributed by atoms with E-state index in [0.29, 0.717) is 11.6 Å². The second-order valence-electron chi connectivity index (χ2n) is 10.6. The fourth-order valence-electron chi connectivity index (χ4n) is 5.14. The molecule has 6 heteroatoms. The molecule has 3 aromatic carbocycles. The lowest BCUT2D eigenvalue weighted by Gasteiger charge is -2.33. The molecule has 0 bridgehead atoms.